The molecule has 8 heteroatoms. The van der Waals surface area contributed by atoms with Gasteiger partial charge in [-0.1, -0.05) is 24.3 Å². The topological polar surface area (TPSA) is 59.6 Å². The largest absolute Gasteiger partial charge is 0.573 e. The van der Waals surface area contributed by atoms with Gasteiger partial charge in [0.2, 0.25) is 0 Å². The summed E-state index contributed by atoms with van der Waals surface area (Å²) in [6.45, 7) is 0.255. The first-order valence-corrected chi connectivity index (χ1v) is 6.99. The first-order chi connectivity index (χ1) is 11.3. The summed E-state index contributed by atoms with van der Waals surface area (Å²) < 4.78 is 54.0. The van der Waals surface area contributed by atoms with Gasteiger partial charge in [0.15, 0.2) is 11.7 Å². The van der Waals surface area contributed by atoms with Crippen molar-refractivity contribution < 1.29 is 22.3 Å². The van der Waals surface area contributed by atoms with Crippen LogP contribution in [0.3, 0.4) is 0 Å². The fourth-order valence-electron chi connectivity index (χ4n) is 1.96. The van der Waals surface area contributed by atoms with Crippen molar-refractivity contribution >= 4 is 11.6 Å². The Morgan fingerprint density at radius 2 is 1.88 bits per heavy atom. The molecule has 2 aromatic rings. The van der Waals surface area contributed by atoms with Gasteiger partial charge in [-0.05, 0) is 36.2 Å². The number of halogens is 4. The number of alkyl halides is 3. The van der Waals surface area contributed by atoms with Crippen LogP contribution in [0.4, 0.5) is 23.2 Å². The smallest absolute Gasteiger partial charge is 0.404 e. The highest BCUT2D eigenvalue weighted by Crippen LogP contribution is 2.29. The molecule has 128 valence electrons. The van der Waals surface area contributed by atoms with Crippen LogP contribution in [-0.2, 0) is 6.42 Å². The molecule has 0 saturated heterocycles. The molecule has 0 saturated carbocycles. The Morgan fingerprint density at radius 1 is 1.12 bits per heavy atom. The maximum atomic E-state index is 13.0. The quantitative estimate of drug-likeness (QED) is 0.495. The second kappa shape index (κ2) is 7.67. The number of aliphatic imine (C=N–C) groups is 1. The first-order valence-electron chi connectivity index (χ1n) is 6.99. The van der Waals surface area contributed by atoms with E-state index < -0.39 is 12.1 Å². The van der Waals surface area contributed by atoms with Crippen LogP contribution in [0.15, 0.2) is 53.5 Å². The summed E-state index contributed by atoms with van der Waals surface area (Å²) in [5, 5.41) is 2.56. The minimum absolute atomic E-state index is 0.0434. The number of hydrogen-bond donors (Lipinski definition) is 2. The lowest BCUT2D eigenvalue weighted by Gasteiger charge is -2.14. The molecule has 0 bridgehead atoms. The molecular formula is C16H15F4N3O. The summed E-state index contributed by atoms with van der Waals surface area (Å²) in [5.41, 5.74) is 6.45. The lowest BCUT2D eigenvalue weighted by atomic mass is 10.1. The fraction of sp³-hybridized carbons (Fsp3) is 0.188. The van der Waals surface area contributed by atoms with Crippen LogP contribution in [0.2, 0.25) is 0 Å². The van der Waals surface area contributed by atoms with Crippen LogP contribution < -0.4 is 15.8 Å². The highest BCUT2D eigenvalue weighted by Gasteiger charge is 2.32. The first kappa shape index (κ1) is 17.6. The normalized spacial score (nSPS) is 12.1. The Hall–Kier alpha value is -2.77. The zero-order valence-corrected chi connectivity index (χ0v) is 12.5. The highest BCUT2D eigenvalue weighted by atomic mass is 19.4. The summed E-state index contributed by atoms with van der Waals surface area (Å²) in [4.78, 5) is 4.01. The van der Waals surface area contributed by atoms with Gasteiger partial charge in [-0.15, -0.1) is 13.2 Å². The fourth-order valence-corrected chi connectivity index (χ4v) is 1.96. The molecule has 0 aromatic heterocycles. The summed E-state index contributed by atoms with van der Waals surface area (Å²) in [7, 11) is 0. The SMILES string of the molecule is NC(=NCCc1cccc(F)c1)Nc1ccccc1OC(F)(F)F. The van der Waals surface area contributed by atoms with Gasteiger partial charge in [-0.25, -0.2) is 4.39 Å². The van der Waals surface area contributed by atoms with E-state index >= 15 is 0 Å². The molecule has 0 fully saturated rings. The van der Waals surface area contributed by atoms with Gasteiger partial charge in [0.05, 0.1) is 5.69 Å². The predicted molar refractivity (Wildman–Crippen MR) is 83.3 cm³/mol. The monoisotopic (exact) mass is 341 g/mol. The van der Waals surface area contributed by atoms with Crippen molar-refractivity contribution in [1.29, 1.82) is 0 Å². The van der Waals surface area contributed by atoms with Crippen molar-refractivity contribution in [2.24, 2.45) is 10.7 Å². The van der Waals surface area contributed by atoms with Crippen LogP contribution in [0.25, 0.3) is 0 Å². The molecule has 0 atom stereocenters. The summed E-state index contributed by atoms with van der Waals surface area (Å²) >= 11 is 0. The molecule has 0 aliphatic carbocycles. The zero-order chi connectivity index (χ0) is 17.6. The highest BCUT2D eigenvalue weighted by molar-refractivity contribution is 5.93. The van der Waals surface area contributed by atoms with Gasteiger partial charge >= 0.3 is 6.36 Å². The number of para-hydroxylation sites is 2. The number of ether oxygens (including phenoxy) is 1. The van der Waals surface area contributed by atoms with E-state index in [2.05, 4.69) is 15.0 Å². The maximum absolute atomic E-state index is 13.0. The second-order valence-corrected chi connectivity index (χ2v) is 4.82. The molecule has 2 aromatic carbocycles. The molecule has 0 aliphatic heterocycles. The Balaban J connectivity index is 1.97. The van der Waals surface area contributed by atoms with E-state index in [9.17, 15) is 17.6 Å². The number of nitrogens with one attached hydrogen (secondary N) is 1. The van der Waals surface area contributed by atoms with E-state index in [0.29, 0.717) is 6.42 Å². The van der Waals surface area contributed by atoms with Gasteiger partial charge in [-0.2, -0.15) is 0 Å². The molecule has 0 radical (unpaired) electrons. The lowest BCUT2D eigenvalue weighted by molar-refractivity contribution is -0.274. The summed E-state index contributed by atoms with van der Waals surface area (Å²) in [5.74, 6) is -0.821. The molecule has 0 amide bonds. The number of nitrogens with zero attached hydrogens (tertiary/aromatic N) is 1. The third kappa shape index (κ3) is 5.79. The molecule has 3 N–H and O–H groups in total. The third-order valence-corrected chi connectivity index (χ3v) is 2.95. The summed E-state index contributed by atoms with van der Waals surface area (Å²) in [6, 6.07) is 11.5. The molecule has 0 unspecified atom stereocenters. The minimum atomic E-state index is -4.80. The van der Waals surface area contributed by atoms with Crippen molar-refractivity contribution in [3.05, 3.63) is 59.9 Å². The van der Waals surface area contributed by atoms with Gasteiger partial charge in [0, 0.05) is 6.54 Å². The van der Waals surface area contributed by atoms with Crippen molar-refractivity contribution in [3.63, 3.8) is 0 Å². The van der Waals surface area contributed by atoms with E-state index in [1.165, 1.54) is 30.3 Å². The average Bonchev–Trinajstić information content (AvgIpc) is 2.48. The van der Waals surface area contributed by atoms with E-state index in [4.69, 9.17) is 5.73 Å². The predicted octanol–water partition coefficient (Wildman–Crippen LogP) is 3.69. The van der Waals surface area contributed by atoms with Crippen LogP contribution in [0.1, 0.15) is 5.56 Å². The second-order valence-electron chi connectivity index (χ2n) is 4.82. The molecule has 24 heavy (non-hydrogen) atoms. The summed E-state index contributed by atoms with van der Waals surface area (Å²) in [6.07, 6.45) is -4.36. The van der Waals surface area contributed by atoms with Crippen LogP contribution in [0.5, 0.6) is 5.75 Å². The number of guanidine groups is 1. The van der Waals surface area contributed by atoms with Crippen LogP contribution >= 0.6 is 0 Å². The molecule has 0 aliphatic rings. The number of nitrogens with two attached hydrogens (primary N) is 1. The van der Waals surface area contributed by atoms with E-state index in [1.807, 2.05) is 0 Å². The molecule has 0 heterocycles. The number of hydrogen-bond acceptors (Lipinski definition) is 2. The molecule has 0 spiro atoms. The van der Waals surface area contributed by atoms with Gasteiger partial charge in [0.1, 0.15) is 5.82 Å². The van der Waals surface area contributed by atoms with Crippen molar-refractivity contribution in [2.75, 3.05) is 11.9 Å². The van der Waals surface area contributed by atoms with Gasteiger partial charge in [0.25, 0.3) is 0 Å². The average molecular weight is 341 g/mol. The van der Waals surface area contributed by atoms with Gasteiger partial charge in [-0.3, -0.25) is 4.99 Å². The standard InChI is InChI=1S/C16H15F4N3O/c17-12-5-3-4-11(10-12)8-9-22-15(21)23-13-6-1-2-7-14(13)24-16(18,19)20/h1-7,10H,8-9H2,(H3,21,22,23). The van der Waals surface area contributed by atoms with Crippen LogP contribution in [0, 0.1) is 5.82 Å². The van der Waals surface area contributed by atoms with E-state index in [1.54, 1.807) is 12.1 Å². The van der Waals surface area contributed by atoms with Crippen molar-refractivity contribution in [2.45, 2.75) is 12.8 Å². The van der Waals surface area contributed by atoms with E-state index in [0.717, 1.165) is 11.6 Å². The Kier molecular flexibility index (Phi) is 5.62. The maximum Gasteiger partial charge on any atom is 0.573 e. The van der Waals surface area contributed by atoms with E-state index in [-0.39, 0.29) is 24.0 Å². The van der Waals surface area contributed by atoms with Crippen molar-refractivity contribution in [3.8, 4) is 5.75 Å². The molecule has 2 rings (SSSR count). The Bertz CT molecular complexity index is 716. The zero-order valence-electron chi connectivity index (χ0n) is 12.5. The van der Waals surface area contributed by atoms with Crippen LogP contribution in [-0.4, -0.2) is 18.9 Å². The Labute approximate surface area is 136 Å². The number of benzene rings is 2. The minimum Gasteiger partial charge on any atom is -0.404 e. The Morgan fingerprint density at radius 3 is 2.58 bits per heavy atom. The number of anilines is 1. The van der Waals surface area contributed by atoms with Gasteiger partial charge < -0.3 is 15.8 Å². The molecule has 4 nitrogen and oxygen atoms in total. The third-order valence-electron chi connectivity index (χ3n) is 2.95. The van der Waals surface area contributed by atoms with Crippen molar-refractivity contribution in [1.82, 2.24) is 0 Å². The molecular weight excluding hydrogens is 326 g/mol. The lowest BCUT2D eigenvalue weighted by Crippen LogP contribution is -2.24. The number of rotatable bonds is 5.